The van der Waals surface area contributed by atoms with Gasteiger partial charge in [-0.2, -0.15) is 4.98 Å². The Balaban J connectivity index is 1.27. The fourth-order valence-corrected chi connectivity index (χ4v) is 4.14. The molecule has 0 spiro atoms. The zero-order valence-electron chi connectivity index (χ0n) is 18.7. The van der Waals surface area contributed by atoms with Gasteiger partial charge in [-0.15, -0.1) is 0 Å². The molecule has 3 aromatic rings. The lowest BCUT2D eigenvalue weighted by molar-refractivity contribution is 0.246. The van der Waals surface area contributed by atoms with E-state index < -0.39 is 17.7 Å². The van der Waals surface area contributed by atoms with Crippen LogP contribution in [0.25, 0.3) is 10.9 Å². The number of urea groups is 1. The Labute approximate surface area is 191 Å². The van der Waals surface area contributed by atoms with Crippen LogP contribution in [-0.2, 0) is 0 Å². The highest BCUT2D eigenvalue weighted by atomic mass is 19.2. The summed E-state index contributed by atoms with van der Waals surface area (Å²) in [6, 6.07) is 11.1. The number of hydrogen-bond acceptors (Lipinski definition) is 5. The van der Waals surface area contributed by atoms with Crippen molar-refractivity contribution in [2.24, 2.45) is 5.92 Å². The summed E-state index contributed by atoms with van der Waals surface area (Å²) in [4.78, 5) is 23.5. The largest absolute Gasteiger partial charge is 0.362 e. The highest BCUT2D eigenvalue weighted by Gasteiger charge is 2.23. The van der Waals surface area contributed by atoms with Gasteiger partial charge in [0.05, 0.1) is 5.52 Å². The zero-order valence-corrected chi connectivity index (χ0v) is 18.7. The van der Waals surface area contributed by atoms with Gasteiger partial charge in [0.1, 0.15) is 5.82 Å². The molecule has 0 bridgehead atoms. The third kappa shape index (κ3) is 5.66. The lowest BCUT2D eigenvalue weighted by Gasteiger charge is -2.29. The molecule has 7 nitrogen and oxygen atoms in total. The third-order valence-corrected chi connectivity index (χ3v) is 5.92. The van der Waals surface area contributed by atoms with E-state index in [0.717, 1.165) is 54.5 Å². The summed E-state index contributed by atoms with van der Waals surface area (Å²) in [6.07, 6.45) is 3.81. The van der Waals surface area contributed by atoms with Crippen LogP contribution in [0, 0.1) is 17.6 Å². The van der Waals surface area contributed by atoms with Crippen molar-refractivity contribution in [3.05, 3.63) is 54.1 Å². The van der Waals surface area contributed by atoms with Crippen LogP contribution in [0.15, 0.2) is 42.5 Å². The number of anilines is 3. The van der Waals surface area contributed by atoms with E-state index in [0.29, 0.717) is 18.4 Å². The van der Waals surface area contributed by atoms with Gasteiger partial charge in [0.25, 0.3) is 0 Å². The summed E-state index contributed by atoms with van der Waals surface area (Å²) in [7, 11) is 3.94. The highest BCUT2D eigenvalue weighted by molar-refractivity contribution is 5.90. The van der Waals surface area contributed by atoms with Gasteiger partial charge in [-0.05, 0) is 55.9 Å². The Morgan fingerprint density at radius 1 is 1.03 bits per heavy atom. The monoisotopic (exact) mass is 454 g/mol. The fraction of sp³-hybridized carbons (Fsp3) is 0.375. The van der Waals surface area contributed by atoms with Crippen molar-refractivity contribution in [3.8, 4) is 0 Å². The molecule has 2 amide bonds. The number of para-hydroxylation sites is 1. The van der Waals surface area contributed by atoms with E-state index in [-0.39, 0.29) is 11.7 Å². The molecule has 4 rings (SSSR count). The molecule has 0 radical (unpaired) electrons. The average molecular weight is 455 g/mol. The molecule has 1 aliphatic rings. The number of carbonyl (C=O) groups excluding carboxylic acids is 1. The highest BCUT2D eigenvalue weighted by Crippen LogP contribution is 2.28. The normalized spacial score (nSPS) is 18.1. The topological polar surface area (TPSA) is 82.2 Å². The number of rotatable bonds is 6. The molecular weight excluding hydrogens is 426 g/mol. The second-order valence-electron chi connectivity index (χ2n) is 8.61. The number of amides is 2. The number of nitrogens with zero attached hydrogens (tertiary/aromatic N) is 3. The molecule has 0 aliphatic heterocycles. The smallest absolute Gasteiger partial charge is 0.319 e. The minimum Gasteiger partial charge on any atom is -0.362 e. The number of nitrogens with one attached hydrogen (secondary N) is 3. The number of halogens is 2. The maximum atomic E-state index is 13.3. The van der Waals surface area contributed by atoms with Gasteiger partial charge in [-0.1, -0.05) is 12.1 Å². The van der Waals surface area contributed by atoms with Crippen molar-refractivity contribution in [3.63, 3.8) is 0 Å². The van der Waals surface area contributed by atoms with Gasteiger partial charge >= 0.3 is 6.03 Å². The fourth-order valence-electron chi connectivity index (χ4n) is 4.14. The van der Waals surface area contributed by atoms with Crippen LogP contribution < -0.4 is 20.9 Å². The SMILES string of the molecule is CN(C)c1nc(N[C@H]2CC[C@@H](CNC(=O)Nc3ccc(F)c(F)c3)CC2)nc2ccccc12. The second kappa shape index (κ2) is 9.97. The van der Waals surface area contributed by atoms with Crippen LogP contribution in [-0.4, -0.2) is 42.7 Å². The van der Waals surface area contributed by atoms with Crippen LogP contribution in [0.1, 0.15) is 25.7 Å². The lowest BCUT2D eigenvalue weighted by Crippen LogP contribution is -2.36. The third-order valence-electron chi connectivity index (χ3n) is 5.92. The van der Waals surface area contributed by atoms with Crippen LogP contribution in [0.4, 0.5) is 31.0 Å². The van der Waals surface area contributed by atoms with E-state index in [4.69, 9.17) is 4.98 Å². The molecule has 9 heteroatoms. The van der Waals surface area contributed by atoms with Crippen LogP contribution >= 0.6 is 0 Å². The molecule has 0 atom stereocenters. The molecule has 1 fully saturated rings. The summed E-state index contributed by atoms with van der Waals surface area (Å²) >= 11 is 0. The number of benzene rings is 2. The Bertz CT molecular complexity index is 1130. The minimum atomic E-state index is -0.994. The van der Waals surface area contributed by atoms with Gasteiger partial charge in [-0.3, -0.25) is 0 Å². The Hall–Kier alpha value is -3.49. The number of hydrogen-bond donors (Lipinski definition) is 3. The first-order valence-corrected chi connectivity index (χ1v) is 11.1. The Morgan fingerprint density at radius 2 is 1.79 bits per heavy atom. The molecule has 0 unspecified atom stereocenters. The van der Waals surface area contributed by atoms with Crippen LogP contribution in [0.3, 0.4) is 0 Å². The predicted octanol–water partition coefficient (Wildman–Crippen LogP) is 4.77. The van der Waals surface area contributed by atoms with Gasteiger partial charge in [0, 0.05) is 43.8 Å². The maximum Gasteiger partial charge on any atom is 0.319 e. The van der Waals surface area contributed by atoms with E-state index >= 15 is 0 Å². The van der Waals surface area contributed by atoms with E-state index in [2.05, 4.69) is 20.9 Å². The van der Waals surface area contributed by atoms with Crippen molar-refractivity contribution in [1.29, 1.82) is 0 Å². The van der Waals surface area contributed by atoms with E-state index in [1.807, 2.05) is 43.3 Å². The van der Waals surface area contributed by atoms with Crippen LogP contribution in [0.5, 0.6) is 0 Å². The summed E-state index contributed by atoms with van der Waals surface area (Å²) < 4.78 is 26.3. The molecular formula is C24H28F2N6O. The first-order valence-electron chi connectivity index (χ1n) is 11.1. The Kier molecular flexibility index (Phi) is 6.86. The van der Waals surface area contributed by atoms with Crippen molar-refractivity contribution in [2.75, 3.05) is 36.2 Å². The number of aromatic nitrogens is 2. The maximum absolute atomic E-state index is 13.3. The predicted molar refractivity (Wildman–Crippen MR) is 127 cm³/mol. The summed E-state index contributed by atoms with van der Waals surface area (Å²) in [6.45, 7) is 0.527. The second-order valence-corrected chi connectivity index (χ2v) is 8.61. The van der Waals surface area contributed by atoms with Gasteiger partial charge in [0.15, 0.2) is 11.6 Å². The van der Waals surface area contributed by atoms with Crippen molar-refractivity contribution >= 4 is 34.4 Å². The van der Waals surface area contributed by atoms with Crippen LogP contribution in [0.2, 0.25) is 0 Å². The number of carbonyl (C=O) groups is 1. The molecule has 1 aromatic heterocycles. The molecule has 0 saturated heterocycles. The molecule has 2 aromatic carbocycles. The molecule has 1 heterocycles. The standard InChI is InChI=1S/C24H28F2N6O/c1-32(2)22-18-5-3-4-6-21(18)30-23(31-22)28-16-9-7-15(8-10-16)14-27-24(33)29-17-11-12-19(25)20(26)13-17/h3-6,11-13,15-16H,7-10,14H2,1-2H3,(H2,27,29,33)(H,28,30,31)/t15-,16+. The summed E-state index contributed by atoms with van der Waals surface area (Å²) in [5.41, 5.74) is 1.12. The van der Waals surface area contributed by atoms with Gasteiger partial charge < -0.3 is 20.9 Å². The van der Waals surface area contributed by atoms with E-state index in [1.54, 1.807) is 0 Å². The quantitative estimate of drug-likeness (QED) is 0.500. The van der Waals surface area contributed by atoms with E-state index in [9.17, 15) is 13.6 Å². The summed E-state index contributed by atoms with van der Waals surface area (Å²) in [5, 5.41) is 9.85. The van der Waals surface area contributed by atoms with Crippen molar-refractivity contribution in [1.82, 2.24) is 15.3 Å². The average Bonchev–Trinajstić information content (AvgIpc) is 2.80. The summed E-state index contributed by atoms with van der Waals surface area (Å²) in [5.74, 6) is -0.0726. The van der Waals surface area contributed by atoms with E-state index in [1.165, 1.54) is 6.07 Å². The van der Waals surface area contributed by atoms with Gasteiger partial charge in [-0.25, -0.2) is 18.6 Å². The molecule has 1 saturated carbocycles. The minimum absolute atomic E-state index is 0.215. The number of fused-ring (bicyclic) bond motifs is 1. The molecule has 174 valence electrons. The first kappa shape index (κ1) is 22.7. The molecule has 3 N–H and O–H groups in total. The molecule has 33 heavy (non-hydrogen) atoms. The first-order chi connectivity index (χ1) is 15.9. The van der Waals surface area contributed by atoms with Gasteiger partial charge in [0.2, 0.25) is 5.95 Å². The van der Waals surface area contributed by atoms with Crippen molar-refractivity contribution in [2.45, 2.75) is 31.7 Å². The zero-order chi connectivity index (χ0) is 23.4. The molecule has 1 aliphatic carbocycles. The lowest BCUT2D eigenvalue weighted by atomic mass is 9.86. The Morgan fingerprint density at radius 3 is 2.52 bits per heavy atom. The van der Waals surface area contributed by atoms with Crippen molar-refractivity contribution < 1.29 is 13.6 Å².